The standard InChI is InChI=1S/C11H17N5/c1-9-10(7-14-15(9)2)6-12-8-11-4-5-13-16(11)3/h4-5,7,12H,6,8H2,1-3H3. The molecule has 0 amide bonds. The van der Waals surface area contributed by atoms with Crippen molar-refractivity contribution in [2.75, 3.05) is 0 Å². The van der Waals surface area contributed by atoms with Gasteiger partial charge in [-0.25, -0.2) is 0 Å². The highest BCUT2D eigenvalue weighted by molar-refractivity contribution is 5.15. The lowest BCUT2D eigenvalue weighted by Gasteiger charge is -2.04. The van der Waals surface area contributed by atoms with Crippen LogP contribution in [0.5, 0.6) is 0 Å². The molecule has 0 saturated heterocycles. The van der Waals surface area contributed by atoms with Gasteiger partial charge in [0.15, 0.2) is 0 Å². The van der Waals surface area contributed by atoms with Crippen molar-refractivity contribution in [2.24, 2.45) is 14.1 Å². The van der Waals surface area contributed by atoms with Crippen molar-refractivity contribution in [3.8, 4) is 0 Å². The van der Waals surface area contributed by atoms with Gasteiger partial charge in [0.25, 0.3) is 0 Å². The van der Waals surface area contributed by atoms with E-state index in [1.54, 1.807) is 0 Å². The van der Waals surface area contributed by atoms with E-state index in [4.69, 9.17) is 0 Å². The SMILES string of the molecule is Cc1c(CNCc2ccnn2C)cnn1C. The van der Waals surface area contributed by atoms with E-state index < -0.39 is 0 Å². The van der Waals surface area contributed by atoms with E-state index in [0.717, 1.165) is 13.1 Å². The van der Waals surface area contributed by atoms with Gasteiger partial charge in [-0.1, -0.05) is 0 Å². The van der Waals surface area contributed by atoms with Gasteiger partial charge in [0.05, 0.1) is 11.9 Å². The summed E-state index contributed by atoms with van der Waals surface area (Å²) in [6.45, 7) is 3.74. The van der Waals surface area contributed by atoms with Crippen LogP contribution in [0.2, 0.25) is 0 Å². The van der Waals surface area contributed by atoms with Crippen molar-refractivity contribution in [1.29, 1.82) is 0 Å². The topological polar surface area (TPSA) is 47.7 Å². The summed E-state index contributed by atoms with van der Waals surface area (Å²) >= 11 is 0. The Labute approximate surface area is 95.1 Å². The molecular formula is C11H17N5. The Bertz CT molecular complexity index is 468. The van der Waals surface area contributed by atoms with Gasteiger partial charge in [-0.3, -0.25) is 9.36 Å². The first-order valence-electron chi connectivity index (χ1n) is 5.33. The fraction of sp³-hybridized carbons (Fsp3) is 0.455. The van der Waals surface area contributed by atoms with Crippen LogP contribution in [0.25, 0.3) is 0 Å². The van der Waals surface area contributed by atoms with E-state index in [-0.39, 0.29) is 0 Å². The highest BCUT2D eigenvalue weighted by atomic mass is 15.3. The maximum absolute atomic E-state index is 4.21. The number of aryl methyl sites for hydroxylation is 2. The molecule has 0 fully saturated rings. The molecule has 5 nitrogen and oxygen atoms in total. The predicted molar refractivity (Wildman–Crippen MR) is 61.7 cm³/mol. The molecule has 0 aliphatic rings. The van der Waals surface area contributed by atoms with E-state index in [2.05, 4.69) is 22.4 Å². The molecule has 2 aromatic rings. The van der Waals surface area contributed by atoms with Crippen molar-refractivity contribution >= 4 is 0 Å². The van der Waals surface area contributed by atoms with E-state index in [1.807, 2.05) is 41.9 Å². The second kappa shape index (κ2) is 4.49. The van der Waals surface area contributed by atoms with Gasteiger partial charge in [0, 0.05) is 44.6 Å². The molecule has 0 spiro atoms. The van der Waals surface area contributed by atoms with Crippen molar-refractivity contribution in [3.05, 3.63) is 35.4 Å². The third kappa shape index (κ3) is 2.14. The molecular weight excluding hydrogens is 202 g/mol. The molecule has 0 atom stereocenters. The van der Waals surface area contributed by atoms with Crippen LogP contribution in [0.1, 0.15) is 17.0 Å². The normalized spacial score (nSPS) is 10.9. The monoisotopic (exact) mass is 219 g/mol. The maximum atomic E-state index is 4.21. The molecule has 0 bridgehead atoms. The van der Waals surface area contributed by atoms with Gasteiger partial charge in [-0.15, -0.1) is 0 Å². The third-order valence-corrected chi connectivity index (χ3v) is 2.88. The van der Waals surface area contributed by atoms with Crippen LogP contribution in [0.15, 0.2) is 18.5 Å². The molecule has 2 heterocycles. The third-order valence-electron chi connectivity index (χ3n) is 2.88. The summed E-state index contributed by atoms with van der Waals surface area (Å²) in [7, 11) is 3.91. The van der Waals surface area contributed by atoms with E-state index in [1.165, 1.54) is 17.0 Å². The first-order chi connectivity index (χ1) is 7.68. The molecule has 2 rings (SSSR count). The number of rotatable bonds is 4. The van der Waals surface area contributed by atoms with Crippen LogP contribution < -0.4 is 5.32 Å². The summed E-state index contributed by atoms with van der Waals surface area (Å²) in [6.07, 6.45) is 3.72. The van der Waals surface area contributed by atoms with Crippen LogP contribution >= 0.6 is 0 Å². The van der Waals surface area contributed by atoms with Crippen molar-refractivity contribution in [3.63, 3.8) is 0 Å². The van der Waals surface area contributed by atoms with E-state index in [9.17, 15) is 0 Å². The molecule has 16 heavy (non-hydrogen) atoms. The first-order valence-corrected chi connectivity index (χ1v) is 5.33. The Morgan fingerprint density at radius 1 is 1.19 bits per heavy atom. The first kappa shape index (κ1) is 10.9. The van der Waals surface area contributed by atoms with Crippen LogP contribution in [0.4, 0.5) is 0 Å². The lowest BCUT2D eigenvalue weighted by Crippen LogP contribution is -2.15. The average molecular weight is 219 g/mol. The zero-order valence-corrected chi connectivity index (χ0v) is 9.94. The fourth-order valence-corrected chi connectivity index (χ4v) is 1.62. The van der Waals surface area contributed by atoms with Gasteiger partial charge < -0.3 is 5.32 Å². The smallest absolute Gasteiger partial charge is 0.0537 e. The highest BCUT2D eigenvalue weighted by Crippen LogP contribution is 2.05. The molecule has 5 heteroatoms. The van der Waals surface area contributed by atoms with Gasteiger partial charge in [-0.2, -0.15) is 10.2 Å². The van der Waals surface area contributed by atoms with Crippen LogP contribution in [-0.2, 0) is 27.2 Å². The molecule has 0 saturated carbocycles. The molecule has 0 aliphatic heterocycles. The van der Waals surface area contributed by atoms with Gasteiger partial charge >= 0.3 is 0 Å². The Kier molecular flexibility index (Phi) is 3.05. The molecule has 0 aromatic carbocycles. The Hall–Kier alpha value is -1.62. The second-order valence-corrected chi connectivity index (χ2v) is 3.93. The number of hydrogen-bond donors (Lipinski definition) is 1. The number of hydrogen-bond acceptors (Lipinski definition) is 3. The lowest BCUT2D eigenvalue weighted by molar-refractivity contribution is 0.624. The minimum absolute atomic E-state index is 0.824. The lowest BCUT2D eigenvalue weighted by atomic mass is 10.2. The summed E-state index contributed by atoms with van der Waals surface area (Å²) in [5.41, 5.74) is 3.63. The zero-order valence-electron chi connectivity index (χ0n) is 9.94. The quantitative estimate of drug-likeness (QED) is 0.825. The minimum atomic E-state index is 0.824. The van der Waals surface area contributed by atoms with Crippen molar-refractivity contribution in [2.45, 2.75) is 20.0 Å². The summed E-state index contributed by atoms with van der Waals surface area (Å²) in [5.74, 6) is 0. The summed E-state index contributed by atoms with van der Waals surface area (Å²) < 4.78 is 3.77. The maximum Gasteiger partial charge on any atom is 0.0537 e. The van der Waals surface area contributed by atoms with Crippen LogP contribution in [0, 0.1) is 6.92 Å². The molecule has 2 aromatic heterocycles. The van der Waals surface area contributed by atoms with E-state index in [0.29, 0.717) is 0 Å². The van der Waals surface area contributed by atoms with Crippen molar-refractivity contribution < 1.29 is 0 Å². The summed E-state index contributed by atoms with van der Waals surface area (Å²) in [4.78, 5) is 0. The number of aromatic nitrogens is 4. The van der Waals surface area contributed by atoms with Crippen LogP contribution in [0.3, 0.4) is 0 Å². The molecule has 0 unspecified atom stereocenters. The number of nitrogens with one attached hydrogen (secondary N) is 1. The highest BCUT2D eigenvalue weighted by Gasteiger charge is 2.03. The average Bonchev–Trinajstić information content (AvgIpc) is 2.80. The van der Waals surface area contributed by atoms with Crippen molar-refractivity contribution in [1.82, 2.24) is 24.9 Å². The largest absolute Gasteiger partial charge is 0.307 e. The molecule has 1 N–H and O–H groups in total. The minimum Gasteiger partial charge on any atom is -0.307 e. The molecule has 86 valence electrons. The van der Waals surface area contributed by atoms with Crippen LogP contribution in [-0.4, -0.2) is 19.6 Å². The Morgan fingerprint density at radius 3 is 2.56 bits per heavy atom. The van der Waals surface area contributed by atoms with Gasteiger partial charge in [0.1, 0.15) is 0 Å². The van der Waals surface area contributed by atoms with Gasteiger partial charge in [0.2, 0.25) is 0 Å². The summed E-state index contributed by atoms with van der Waals surface area (Å²) in [6, 6.07) is 2.02. The van der Waals surface area contributed by atoms with Gasteiger partial charge in [-0.05, 0) is 13.0 Å². The second-order valence-electron chi connectivity index (χ2n) is 3.93. The molecule has 0 radical (unpaired) electrons. The predicted octanol–water partition coefficient (Wildman–Crippen LogP) is 0.752. The fourth-order valence-electron chi connectivity index (χ4n) is 1.62. The zero-order chi connectivity index (χ0) is 11.5. The summed E-state index contributed by atoms with van der Waals surface area (Å²) in [5, 5.41) is 11.7. The Balaban J connectivity index is 1.89. The van der Waals surface area contributed by atoms with E-state index >= 15 is 0 Å². The molecule has 0 aliphatic carbocycles. The number of nitrogens with zero attached hydrogens (tertiary/aromatic N) is 4. The Morgan fingerprint density at radius 2 is 2.00 bits per heavy atom.